The fraction of sp³-hybridized carbons (Fsp3) is 0.222. The van der Waals surface area contributed by atoms with Crippen LogP contribution in [-0.4, -0.2) is 17.8 Å². The van der Waals surface area contributed by atoms with E-state index in [4.69, 9.17) is 5.21 Å². The fourth-order valence-corrected chi connectivity index (χ4v) is 1.000. The number of ether oxygens (including phenoxy) is 1. The standard InChI is InChI=1S/C9H9F2NO3/c1-2-15-9(13)5-3-8(12-14)7(11)4-6(5)10/h3-4,12,14H,2H2,1H3. The maximum absolute atomic E-state index is 13.1. The Morgan fingerprint density at radius 1 is 1.47 bits per heavy atom. The molecule has 0 heterocycles. The van der Waals surface area contributed by atoms with Crippen molar-refractivity contribution in [3.63, 3.8) is 0 Å². The molecule has 0 atom stereocenters. The molecule has 0 radical (unpaired) electrons. The Balaban J connectivity index is 3.12. The Bertz CT molecular complexity index is 382. The summed E-state index contributed by atoms with van der Waals surface area (Å²) in [5.41, 5.74) is 0.686. The van der Waals surface area contributed by atoms with Crippen LogP contribution in [0.3, 0.4) is 0 Å². The van der Waals surface area contributed by atoms with Crippen molar-refractivity contribution in [2.24, 2.45) is 0 Å². The smallest absolute Gasteiger partial charge is 0.341 e. The van der Waals surface area contributed by atoms with Crippen LogP contribution in [0.1, 0.15) is 17.3 Å². The predicted octanol–water partition coefficient (Wildman–Crippen LogP) is 1.94. The van der Waals surface area contributed by atoms with Crippen molar-refractivity contribution in [2.45, 2.75) is 6.92 Å². The Hall–Kier alpha value is -1.69. The highest BCUT2D eigenvalue weighted by molar-refractivity contribution is 5.90. The van der Waals surface area contributed by atoms with Gasteiger partial charge in [0, 0.05) is 6.07 Å². The number of carbonyl (C=O) groups is 1. The monoisotopic (exact) mass is 217 g/mol. The third-order valence-corrected chi connectivity index (χ3v) is 1.67. The van der Waals surface area contributed by atoms with E-state index in [1.807, 2.05) is 0 Å². The maximum Gasteiger partial charge on any atom is 0.341 e. The molecule has 0 fully saturated rings. The summed E-state index contributed by atoms with van der Waals surface area (Å²) in [5.74, 6) is -2.94. The van der Waals surface area contributed by atoms with Crippen molar-refractivity contribution in [2.75, 3.05) is 12.1 Å². The van der Waals surface area contributed by atoms with Gasteiger partial charge in [0.2, 0.25) is 0 Å². The zero-order valence-electron chi connectivity index (χ0n) is 7.88. The van der Waals surface area contributed by atoms with Gasteiger partial charge in [-0.05, 0) is 13.0 Å². The molecule has 0 bridgehead atoms. The van der Waals surface area contributed by atoms with Gasteiger partial charge >= 0.3 is 5.97 Å². The second-order valence-electron chi connectivity index (χ2n) is 2.64. The van der Waals surface area contributed by atoms with E-state index >= 15 is 0 Å². The molecule has 0 spiro atoms. The minimum absolute atomic E-state index is 0.0809. The van der Waals surface area contributed by atoms with Gasteiger partial charge in [-0.25, -0.2) is 13.6 Å². The lowest BCUT2D eigenvalue weighted by Gasteiger charge is -2.06. The molecular weight excluding hydrogens is 208 g/mol. The highest BCUT2D eigenvalue weighted by Gasteiger charge is 2.16. The lowest BCUT2D eigenvalue weighted by Crippen LogP contribution is -2.09. The first-order valence-electron chi connectivity index (χ1n) is 4.16. The second kappa shape index (κ2) is 4.70. The van der Waals surface area contributed by atoms with E-state index in [9.17, 15) is 13.6 Å². The zero-order chi connectivity index (χ0) is 11.4. The molecule has 15 heavy (non-hydrogen) atoms. The number of benzene rings is 1. The molecule has 0 unspecified atom stereocenters. The van der Waals surface area contributed by atoms with E-state index < -0.39 is 23.2 Å². The molecule has 6 heteroatoms. The summed E-state index contributed by atoms with van der Waals surface area (Å²) >= 11 is 0. The summed E-state index contributed by atoms with van der Waals surface area (Å²) in [6.45, 7) is 1.64. The number of carbonyl (C=O) groups excluding carboxylic acids is 1. The van der Waals surface area contributed by atoms with Crippen molar-refractivity contribution >= 4 is 11.7 Å². The molecule has 0 aromatic heterocycles. The number of hydrogen-bond acceptors (Lipinski definition) is 4. The molecule has 1 aromatic rings. The molecular formula is C9H9F2NO3. The summed E-state index contributed by atoms with van der Waals surface area (Å²) in [6.07, 6.45) is 0. The van der Waals surface area contributed by atoms with E-state index in [0.29, 0.717) is 6.07 Å². The Kier molecular flexibility index (Phi) is 3.56. The average molecular weight is 217 g/mol. The van der Waals surface area contributed by atoms with E-state index in [1.54, 1.807) is 6.92 Å². The first-order chi connectivity index (χ1) is 7.10. The molecule has 0 amide bonds. The molecule has 1 aromatic carbocycles. The molecule has 0 aliphatic rings. The number of esters is 1. The van der Waals surface area contributed by atoms with Gasteiger partial charge in [0.15, 0.2) is 5.82 Å². The highest BCUT2D eigenvalue weighted by Crippen LogP contribution is 2.19. The predicted molar refractivity (Wildman–Crippen MR) is 47.7 cm³/mol. The third kappa shape index (κ3) is 2.41. The molecule has 0 aliphatic carbocycles. The number of hydrogen-bond donors (Lipinski definition) is 2. The van der Waals surface area contributed by atoms with Gasteiger partial charge in [-0.1, -0.05) is 0 Å². The minimum Gasteiger partial charge on any atom is -0.462 e. The highest BCUT2D eigenvalue weighted by atomic mass is 19.1. The van der Waals surface area contributed by atoms with Gasteiger partial charge in [-0.15, -0.1) is 0 Å². The number of nitrogens with one attached hydrogen (secondary N) is 1. The van der Waals surface area contributed by atoms with Crippen LogP contribution in [0.4, 0.5) is 14.5 Å². The summed E-state index contributed by atoms with van der Waals surface area (Å²) in [5, 5.41) is 8.48. The third-order valence-electron chi connectivity index (χ3n) is 1.67. The average Bonchev–Trinajstić information content (AvgIpc) is 2.18. The fourth-order valence-electron chi connectivity index (χ4n) is 1.000. The van der Waals surface area contributed by atoms with Gasteiger partial charge in [0.05, 0.1) is 17.9 Å². The van der Waals surface area contributed by atoms with Gasteiger partial charge < -0.3 is 4.74 Å². The molecule has 0 aliphatic heterocycles. The number of anilines is 1. The first-order valence-corrected chi connectivity index (χ1v) is 4.16. The molecule has 82 valence electrons. The van der Waals surface area contributed by atoms with Gasteiger partial charge in [-0.3, -0.25) is 10.7 Å². The largest absolute Gasteiger partial charge is 0.462 e. The Morgan fingerprint density at radius 3 is 2.67 bits per heavy atom. The summed E-state index contributed by atoms with van der Waals surface area (Å²) in [7, 11) is 0. The quantitative estimate of drug-likeness (QED) is 0.600. The Morgan fingerprint density at radius 2 is 2.13 bits per heavy atom. The minimum atomic E-state index is -1.04. The molecule has 1 rings (SSSR count). The lowest BCUT2D eigenvalue weighted by atomic mass is 10.2. The second-order valence-corrected chi connectivity index (χ2v) is 2.64. The van der Waals surface area contributed by atoms with Crippen LogP contribution in [0.15, 0.2) is 12.1 Å². The van der Waals surface area contributed by atoms with Crippen LogP contribution in [0.25, 0.3) is 0 Å². The zero-order valence-corrected chi connectivity index (χ0v) is 7.88. The van der Waals surface area contributed by atoms with Crippen LogP contribution in [0, 0.1) is 11.6 Å². The summed E-state index contributed by atoms with van der Waals surface area (Å²) in [4.78, 5) is 11.2. The van der Waals surface area contributed by atoms with E-state index in [0.717, 1.165) is 6.07 Å². The van der Waals surface area contributed by atoms with Crippen molar-refractivity contribution < 1.29 is 23.5 Å². The molecule has 4 nitrogen and oxygen atoms in total. The Labute approximate surface area is 84.4 Å². The van der Waals surface area contributed by atoms with E-state index in [2.05, 4.69) is 4.74 Å². The van der Waals surface area contributed by atoms with Gasteiger partial charge in [0.25, 0.3) is 0 Å². The van der Waals surface area contributed by atoms with Crippen molar-refractivity contribution in [1.29, 1.82) is 0 Å². The summed E-state index contributed by atoms with van der Waals surface area (Å²) < 4.78 is 30.5. The van der Waals surface area contributed by atoms with Crippen LogP contribution in [0.5, 0.6) is 0 Å². The van der Waals surface area contributed by atoms with Gasteiger partial charge in [0.1, 0.15) is 5.82 Å². The lowest BCUT2D eigenvalue weighted by molar-refractivity contribution is 0.0521. The normalized spacial score (nSPS) is 9.87. The van der Waals surface area contributed by atoms with Crippen LogP contribution < -0.4 is 5.48 Å². The van der Waals surface area contributed by atoms with E-state index in [-0.39, 0.29) is 12.3 Å². The number of rotatable bonds is 3. The van der Waals surface area contributed by atoms with E-state index in [1.165, 1.54) is 5.48 Å². The van der Waals surface area contributed by atoms with Crippen molar-refractivity contribution in [3.05, 3.63) is 29.3 Å². The van der Waals surface area contributed by atoms with Crippen LogP contribution in [0.2, 0.25) is 0 Å². The van der Waals surface area contributed by atoms with Crippen molar-refractivity contribution in [1.82, 2.24) is 0 Å². The molecule has 2 N–H and O–H groups in total. The topological polar surface area (TPSA) is 58.6 Å². The SMILES string of the molecule is CCOC(=O)c1cc(NO)c(F)cc1F. The van der Waals surface area contributed by atoms with Crippen molar-refractivity contribution in [3.8, 4) is 0 Å². The van der Waals surface area contributed by atoms with Crippen LogP contribution in [-0.2, 0) is 4.74 Å². The molecule has 0 saturated heterocycles. The van der Waals surface area contributed by atoms with Crippen LogP contribution >= 0.6 is 0 Å². The summed E-state index contributed by atoms with van der Waals surface area (Å²) in [6, 6.07) is 1.33. The maximum atomic E-state index is 13.1. The first kappa shape index (κ1) is 11.4. The number of halogens is 2. The molecule has 0 saturated carbocycles. The van der Waals surface area contributed by atoms with Gasteiger partial charge in [-0.2, -0.15) is 0 Å².